The summed E-state index contributed by atoms with van der Waals surface area (Å²) in [6.07, 6.45) is 6.27. The molecule has 0 saturated heterocycles. The van der Waals surface area contributed by atoms with Crippen LogP contribution in [-0.4, -0.2) is 37.2 Å². The first kappa shape index (κ1) is 23.7. The smallest absolute Gasteiger partial charge is 0.223 e. The van der Waals surface area contributed by atoms with Gasteiger partial charge in [0, 0.05) is 38.0 Å². The SMILES string of the molecule is CCC(CC)c1cc(CNC(=NC)NCCCNC(=O)C2CCC2)on1.I. The maximum absolute atomic E-state index is 11.7. The first-order valence-electron chi connectivity index (χ1n) is 9.85. The van der Waals surface area contributed by atoms with Gasteiger partial charge in [0.15, 0.2) is 11.7 Å². The van der Waals surface area contributed by atoms with Crippen LogP contribution in [0.1, 0.15) is 69.7 Å². The van der Waals surface area contributed by atoms with Crippen molar-refractivity contribution in [1.82, 2.24) is 21.1 Å². The molecule has 1 amide bonds. The molecule has 0 aromatic carbocycles. The number of nitrogens with one attached hydrogen (secondary N) is 3. The second-order valence-corrected chi connectivity index (χ2v) is 6.86. The van der Waals surface area contributed by atoms with Gasteiger partial charge < -0.3 is 20.5 Å². The minimum absolute atomic E-state index is 0. The first-order chi connectivity index (χ1) is 12.7. The van der Waals surface area contributed by atoms with E-state index in [-0.39, 0.29) is 35.8 Å². The van der Waals surface area contributed by atoms with Gasteiger partial charge in [-0.25, -0.2) is 0 Å². The molecule has 3 N–H and O–H groups in total. The van der Waals surface area contributed by atoms with Crippen LogP contribution in [0.3, 0.4) is 0 Å². The van der Waals surface area contributed by atoms with Crippen LogP contribution in [0.2, 0.25) is 0 Å². The minimum Gasteiger partial charge on any atom is -0.359 e. The second-order valence-electron chi connectivity index (χ2n) is 6.86. The van der Waals surface area contributed by atoms with E-state index in [4.69, 9.17) is 4.52 Å². The van der Waals surface area contributed by atoms with Gasteiger partial charge in [0.25, 0.3) is 0 Å². The van der Waals surface area contributed by atoms with Gasteiger partial charge in [-0.15, -0.1) is 24.0 Å². The number of halogens is 1. The molecule has 0 bridgehead atoms. The fourth-order valence-electron chi connectivity index (χ4n) is 3.02. The molecule has 1 aliphatic rings. The molecule has 1 saturated carbocycles. The molecule has 2 rings (SSSR count). The van der Waals surface area contributed by atoms with E-state index in [2.05, 4.69) is 39.9 Å². The predicted molar refractivity (Wildman–Crippen MR) is 118 cm³/mol. The van der Waals surface area contributed by atoms with Crippen LogP contribution in [-0.2, 0) is 11.3 Å². The fourth-order valence-corrected chi connectivity index (χ4v) is 3.02. The molecule has 1 aliphatic carbocycles. The summed E-state index contributed by atoms with van der Waals surface area (Å²) >= 11 is 0. The molecule has 1 aromatic heterocycles. The number of carbonyl (C=O) groups is 1. The third kappa shape index (κ3) is 7.67. The van der Waals surface area contributed by atoms with Crippen LogP contribution in [0.15, 0.2) is 15.6 Å². The van der Waals surface area contributed by atoms with Gasteiger partial charge in [-0.1, -0.05) is 25.4 Å². The highest BCUT2D eigenvalue weighted by Gasteiger charge is 2.24. The van der Waals surface area contributed by atoms with Crippen LogP contribution in [0, 0.1) is 5.92 Å². The zero-order valence-electron chi connectivity index (χ0n) is 16.7. The predicted octanol–water partition coefficient (Wildman–Crippen LogP) is 3.17. The minimum atomic E-state index is 0. The standard InChI is InChI=1S/C19H33N5O2.HI/c1-4-14(5-2)17-12-16(26-24-17)13-23-19(20-3)22-11-7-10-21-18(25)15-8-6-9-15;/h12,14-15H,4-11,13H2,1-3H3,(H,21,25)(H2,20,22,23);1H. The lowest BCUT2D eigenvalue weighted by molar-refractivity contribution is -0.127. The molecule has 0 atom stereocenters. The summed E-state index contributed by atoms with van der Waals surface area (Å²) in [5, 5.41) is 13.6. The number of aliphatic imine (C=N–C) groups is 1. The molecule has 27 heavy (non-hydrogen) atoms. The molecule has 1 heterocycles. The van der Waals surface area contributed by atoms with E-state index >= 15 is 0 Å². The van der Waals surface area contributed by atoms with Crippen molar-refractivity contribution >= 4 is 35.8 Å². The van der Waals surface area contributed by atoms with Crippen molar-refractivity contribution in [3.63, 3.8) is 0 Å². The average Bonchev–Trinajstić information content (AvgIpc) is 3.05. The average molecular weight is 491 g/mol. The monoisotopic (exact) mass is 491 g/mol. The Morgan fingerprint density at radius 1 is 1.26 bits per heavy atom. The Morgan fingerprint density at radius 3 is 2.56 bits per heavy atom. The summed E-state index contributed by atoms with van der Waals surface area (Å²) in [5.41, 5.74) is 1.02. The van der Waals surface area contributed by atoms with E-state index < -0.39 is 0 Å². The summed E-state index contributed by atoms with van der Waals surface area (Å²) in [4.78, 5) is 16.0. The maximum atomic E-state index is 11.7. The maximum Gasteiger partial charge on any atom is 0.223 e. The number of hydrogen-bond donors (Lipinski definition) is 3. The van der Waals surface area contributed by atoms with Crippen molar-refractivity contribution in [1.29, 1.82) is 0 Å². The first-order valence-corrected chi connectivity index (χ1v) is 9.85. The molecule has 0 spiro atoms. The lowest BCUT2D eigenvalue weighted by atomic mass is 9.85. The van der Waals surface area contributed by atoms with Crippen LogP contribution < -0.4 is 16.0 Å². The third-order valence-corrected chi connectivity index (χ3v) is 5.06. The molecule has 0 unspecified atom stereocenters. The second kappa shape index (κ2) is 13.0. The number of hydrogen-bond acceptors (Lipinski definition) is 4. The Bertz CT molecular complexity index is 582. The van der Waals surface area contributed by atoms with Gasteiger partial charge in [0.1, 0.15) is 0 Å². The number of rotatable bonds is 10. The topological polar surface area (TPSA) is 91.6 Å². The van der Waals surface area contributed by atoms with Crippen LogP contribution in [0.5, 0.6) is 0 Å². The van der Waals surface area contributed by atoms with Crippen LogP contribution in [0.25, 0.3) is 0 Å². The van der Waals surface area contributed by atoms with Gasteiger partial charge >= 0.3 is 0 Å². The lowest BCUT2D eigenvalue weighted by Gasteiger charge is -2.24. The van der Waals surface area contributed by atoms with E-state index in [1.165, 1.54) is 6.42 Å². The van der Waals surface area contributed by atoms with Crippen molar-refractivity contribution in [3.05, 3.63) is 17.5 Å². The molecule has 154 valence electrons. The summed E-state index contributed by atoms with van der Waals surface area (Å²) in [6, 6.07) is 2.02. The highest BCUT2D eigenvalue weighted by atomic mass is 127. The Balaban J connectivity index is 0.00000364. The third-order valence-electron chi connectivity index (χ3n) is 5.06. The van der Waals surface area contributed by atoms with E-state index in [1.54, 1.807) is 7.05 Å². The van der Waals surface area contributed by atoms with Crippen molar-refractivity contribution in [2.24, 2.45) is 10.9 Å². The van der Waals surface area contributed by atoms with Crippen molar-refractivity contribution < 1.29 is 9.32 Å². The van der Waals surface area contributed by atoms with E-state index in [9.17, 15) is 4.79 Å². The number of amides is 1. The van der Waals surface area contributed by atoms with Crippen LogP contribution in [0.4, 0.5) is 0 Å². The Morgan fingerprint density at radius 2 is 1.96 bits per heavy atom. The van der Waals surface area contributed by atoms with Gasteiger partial charge in [-0.05, 0) is 32.1 Å². The number of aromatic nitrogens is 1. The molecule has 8 heteroatoms. The molecule has 0 radical (unpaired) electrons. The van der Waals surface area contributed by atoms with Gasteiger partial charge in [-0.2, -0.15) is 0 Å². The molecule has 1 aromatic rings. The van der Waals surface area contributed by atoms with Crippen LogP contribution >= 0.6 is 24.0 Å². The highest BCUT2D eigenvalue weighted by Crippen LogP contribution is 2.26. The van der Waals surface area contributed by atoms with Gasteiger partial charge in [-0.3, -0.25) is 9.79 Å². The summed E-state index contributed by atoms with van der Waals surface area (Å²) < 4.78 is 5.41. The zero-order chi connectivity index (χ0) is 18.8. The fraction of sp³-hybridized carbons (Fsp3) is 0.737. The Kier molecular flexibility index (Phi) is 11.4. The Hall–Kier alpha value is -1.32. The molecule has 7 nitrogen and oxygen atoms in total. The molecule has 1 fully saturated rings. The molecular weight excluding hydrogens is 457 g/mol. The lowest BCUT2D eigenvalue weighted by Crippen LogP contribution is -2.39. The summed E-state index contributed by atoms with van der Waals surface area (Å²) in [6.45, 7) is 6.33. The highest BCUT2D eigenvalue weighted by molar-refractivity contribution is 14.0. The summed E-state index contributed by atoms with van der Waals surface area (Å²) in [7, 11) is 1.74. The van der Waals surface area contributed by atoms with Crippen molar-refractivity contribution in [2.75, 3.05) is 20.1 Å². The number of nitrogens with zero attached hydrogens (tertiary/aromatic N) is 2. The summed E-state index contributed by atoms with van der Waals surface area (Å²) in [5.74, 6) is 2.44. The normalized spacial score (nSPS) is 14.4. The Labute approximate surface area is 179 Å². The molecule has 0 aliphatic heterocycles. The zero-order valence-corrected chi connectivity index (χ0v) is 19.0. The van der Waals surface area contributed by atoms with E-state index in [0.717, 1.165) is 56.1 Å². The largest absolute Gasteiger partial charge is 0.359 e. The number of guanidine groups is 1. The van der Waals surface area contributed by atoms with Gasteiger partial charge in [0.05, 0.1) is 12.2 Å². The quantitative estimate of drug-likeness (QED) is 0.203. The van der Waals surface area contributed by atoms with Crippen molar-refractivity contribution in [2.45, 2.75) is 64.8 Å². The van der Waals surface area contributed by atoms with E-state index in [0.29, 0.717) is 19.0 Å². The van der Waals surface area contributed by atoms with Gasteiger partial charge in [0.2, 0.25) is 5.91 Å². The molecular formula is C19H34IN5O2. The van der Waals surface area contributed by atoms with E-state index in [1.807, 2.05) is 6.07 Å². The number of carbonyl (C=O) groups excluding carboxylic acids is 1. The van der Waals surface area contributed by atoms with Crippen molar-refractivity contribution in [3.8, 4) is 0 Å².